The zero-order valence-corrected chi connectivity index (χ0v) is 18.5. The number of hydrogen-bond acceptors (Lipinski definition) is 4. The number of pyridine rings is 1. The third-order valence-electron chi connectivity index (χ3n) is 4.82. The van der Waals surface area contributed by atoms with Crippen LogP contribution in [0.1, 0.15) is 35.3 Å². The molecule has 0 spiro atoms. The zero-order valence-electron chi connectivity index (χ0n) is 18.5. The summed E-state index contributed by atoms with van der Waals surface area (Å²) in [5, 5.41) is 12.6. The van der Waals surface area contributed by atoms with Crippen molar-refractivity contribution in [2.75, 3.05) is 11.9 Å². The van der Waals surface area contributed by atoms with Gasteiger partial charge in [0.1, 0.15) is 17.1 Å². The Bertz CT molecular complexity index is 1260. The molecule has 0 saturated heterocycles. The maximum absolute atomic E-state index is 13.7. The monoisotopic (exact) mass is 478 g/mol. The normalized spacial score (nSPS) is 11.9. The maximum atomic E-state index is 13.7. The van der Waals surface area contributed by atoms with Crippen LogP contribution in [0.2, 0.25) is 0 Å². The average molecular weight is 478 g/mol. The molecule has 0 bridgehead atoms. The van der Waals surface area contributed by atoms with Crippen molar-refractivity contribution in [3.05, 3.63) is 87.6 Å². The first-order valence-corrected chi connectivity index (χ1v) is 10.1. The van der Waals surface area contributed by atoms with Gasteiger partial charge in [-0.2, -0.15) is 13.2 Å². The second-order valence-corrected chi connectivity index (χ2v) is 8.21. The number of ether oxygens (including phenoxy) is 1. The standard InChI is InChI=1S/C24H22F4N2O4/c1-14-10-18(21(31)29-17-7-4-15(5-8-17)23(2,3)33)22(32)30(12-14)19-9-6-16(25)11-20(19)34-13-24(26,27)28/h4-12,33H,13H2,1-3H3,(H,29,31). The number of anilines is 1. The van der Waals surface area contributed by atoms with Gasteiger partial charge in [-0.15, -0.1) is 0 Å². The second kappa shape index (κ2) is 9.30. The van der Waals surface area contributed by atoms with Crippen LogP contribution in [-0.2, 0) is 5.60 Å². The fraction of sp³-hybridized carbons (Fsp3) is 0.250. The second-order valence-electron chi connectivity index (χ2n) is 8.21. The molecule has 0 unspecified atom stereocenters. The minimum Gasteiger partial charge on any atom is -0.482 e. The molecule has 0 aliphatic heterocycles. The Morgan fingerprint density at radius 3 is 2.32 bits per heavy atom. The van der Waals surface area contributed by atoms with Crippen molar-refractivity contribution >= 4 is 11.6 Å². The molecule has 0 atom stereocenters. The highest BCUT2D eigenvalue weighted by molar-refractivity contribution is 6.04. The number of rotatable bonds is 6. The van der Waals surface area contributed by atoms with Crippen molar-refractivity contribution in [3.63, 3.8) is 0 Å². The Labute approximate surface area is 192 Å². The summed E-state index contributed by atoms with van der Waals surface area (Å²) >= 11 is 0. The fourth-order valence-corrected chi connectivity index (χ4v) is 3.18. The lowest BCUT2D eigenvalue weighted by atomic mass is 9.98. The van der Waals surface area contributed by atoms with Crippen LogP contribution in [0.4, 0.5) is 23.2 Å². The minimum absolute atomic E-state index is 0.150. The molecule has 0 radical (unpaired) electrons. The van der Waals surface area contributed by atoms with Crippen LogP contribution < -0.4 is 15.6 Å². The van der Waals surface area contributed by atoms with Crippen LogP contribution in [0.15, 0.2) is 59.5 Å². The summed E-state index contributed by atoms with van der Waals surface area (Å²) < 4.78 is 57.2. The summed E-state index contributed by atoms with van der Waals surface area (Å²) in [5.74, 6) is -2.11. The van der Waals surface area contributed by atoms with E-state index in [-0.39, 0.29) is 11.3 Å². The number of nitrogens with zero attached hydrogens (tertiary/aromatic N) is 1. The number of carbonyl (C=O) groups is 1. The molecule has 0 fully saturated rings. The van der Waals surface area contributed by atoms with Crippen molar-refractivity contribution in [1.29, 1.82) is 0 Å². The van der Waals surface area contributed by atoms with Gasteiger partial charge in [0.15, 0.2) is 6.61 Å². The van der Waals surface area contributed by atoms with Gasteiger partial charge in [-0.1, -0.05) is 12.1 Å². The van der Waals surface area contributed by atoms with Gasteiger partial charge in [0.25, 0.3) is 11.5 Å². The van der Waals surface area contributed by atoms with Crippen molar-refractivity contribution in [1.82, 2.24) is 4.57 Å². The predicted molar refractivity (Wildman–Crippen MR) is 118 cm³/mol. The number of hydrogen-bond donors (Lipinski definition) is 2. The number of nitrogens with one attached hydrogen (secondary N) is 1. The van der Waals surface area contributed by atoms with E-state index in [0.29, 0.717) is 16.8 Å². The van der Waals surface area contributed by atoms with Gasteiger partial charge in [-0.05, 0) is 62.2 Å². The largest absolute Gasteiger partial charge is 0.482 e. The number of aryl methyl sites for hydroxylation is 1. The molecule has 2 aromatic carbocycles. The molecule has 0 saturated carbocycles. The fourth-order valence-electron chi connectivity index (χ4n) is 3.18. The van der Waals surface area contributed by atoms with Crippen molar-refractivity contribution < 1.29 is 32.2 Å². The number of carbonyl (C=O) groups excluding carboxylic acids is 1. The van der Waals surface area contributed by atoms with Gasteiger partial charge >= 0.3 is 6.18 Å². The van der Waals surface area contributed by atoms with Crippen LogP contribution in [0, 0.1) is 12.7 Å². The molecule has 3 rings (SSSR count). The molecule has 3 aromatic rings. The highest BCUT2D eigenvalue weighted by Crippen LogP contribution is 2.26. The molecule has 2 N–H and O–H groups in total. The number of alkyl halides is 3. The summed E-state index contributed by atoms with van der Waals surface area (Å²) in [7, 11) is 0. The van der Waals surface area contributed by atoms with E-state index in [4.69, 9.17) is 4.74 Å². The van der Waals surface area contributed by atoms with E-state index in [0.717, 1.165) is 22.8 Å². The van der Waals surface area contributed by atoms with Crippen LogP contribution in [0.5, 0.6) is 5.75 Å². The Morgan fingerprint density at radius 2 is 1.74 bits per heavy atom. The molecule has 1 aromatic heterocycles. The van der Waals surface area contributed by atoms with Gasteiger partial charge in [0.2, 0.25) is 0 Å². The van der Waals surface area contributed by atoms with Gasteiger partial charge in [0, 0.05) is 18.0 Å². The third kappa shape index (κ3) is 6.02. The van der Waals surface area contributed by atoms with E-state index in [9.17, 15) is 32.3 Å². The molecular weight excluding hydrogens is 456 g/mol. The smallest absolute Gasteiger partial charge is 0.422 e. The predicted octanol–water partition coefficient (Wildman–Crippen LogP) is 4.71. The third-order valence-corrected chi connectivity index (χ3v) is 4.82. The molecule has 1 heterocycles. The minimum atomic E-state index is -4.67. The zero-order chi connectivity index (χ0) is 25.3. The number of benzene rings is 2. The molecule has 0 aliphatic rings. The molecule has 180 valence electrons. The first kappa shape index (κ1) is 25.0. The van der Waals surface area contributed by atoms with Crippen molar-refractivity contribution in [2.45, 2.75) is 32.5 Å². The first-order chi connectivity index (χ1) is 15.7. The van der Waals surface area contributed by atoms with Crippen LogP contribution in [0.25, 0.3) is 5.69 Å². The van der Waals surface area contributed by atoms with Gasteiger partial charge < -0.3 is 15.2 Å². The Morgan fingerprint density at radius 1 is 1.09 bits per heavy atom. The summed E-state index contributed by atoms with van der Waals surface area (Å²) in [6, 6.07) is 10.5. The SMILES string of the molecule is Cc1cc(C(=O)Nc2ccc(C(C)(C)O)cc2)c(=O)n(-c2ccc(F)cc2OCC(F)(F)F)c1. The maximum Gasteiger partial charge on any atom is 0.422 e. The highest BCUT2D eigenvalue weighted by Gasteiger charge is 2.29. The Balaban J connectivity index is 1.97. The van der Waals surface area contributed by atoms with E-state index in [1.54, 1.807) is 45.0 Å². The Kier molecular flexibility index (Phi) is 6.83. The van der Waals surface area contributed by atoms with Crippen LogP contribution in [-0.4, -0.2) is 28.4 Å². The lowest BCUT2D eigenvalue weighted by Crippen LogP contribution is -2.29. The van der Waals surface area contributed by atoms with Gasteiger partial charge in [0.05, 0.1) is 11.3 Å². The van der Waals surface area contributed by atoms with Crippen molar-refractivity contribution in [2.24, 2.45) is 0 Å². The van der Waals surface area contributed by atoms with Gasteiger partial charge in [-0.25, -0.2) is 4.39 Å². The summed E-state index contributed by atoms with van der Waals surface area (Å²) in [4.78, 5) is 25.9. The van der Waals surface area contributed by atoms with E-state index < -0.39 is 41.4 Å². The first-order valence-electron chi connectivity index (χ1n) is 10.1. The average Bonchev–Trinajstić information content (AvgIpc) is 2.73. The van der Waals surface area contributed by atoms with E-state index >= 15 is 0 Å². The molecule has 10 heteroatoms. The lowest BCUT2D eigenvalue weighted by molar-refractivity contribution is -0.153. The number of aromatic nitrogens is 1. The summed E-state index contributed by atoms with van der Waals surface area (Å²) in [6.07, 6.45) is -3.36. The molecular formula is C24H22F4N2O4. The quantitative estimate of drug-likeness (QED) is 0.503. The molecule has 6 nitrogen and oxygen atoms in total. The highest BCUT2D eigenvalue weighted by atomic mass is 19.4. The van der Waals surface area contributed by atoms with Gasteiger partial charge in [-0.3, -0.25) is 14.2 Å². The van der Waals surface area contributed by atoms with Crippen LogP contribution in [0.3, 0.4) is 0 Å². The summed E-state index contributed by atoms with van der Waals surface area (Å²) in [6.45, 7) is 3.12. The molecule has 0 aliphatic carbocycles. The summed E-state index contributed by atoms with van der Waals surface area (Å²) in [5.41, 5.74) is -0.908. The molecule has 34 heavy (non-hydrogen) atoms. The lowest BCUT2D eigenvalue weighted by Gasteiger charge is -2.18. The van der Waals surface area contributed by atoms with E-state index in [2.05, 4.69) is 5.32 Å². The van der Waals surface area contributed by atoms with Crippen molar-refractivity contribution in [3.8, 4) is 11.4 Å². The number of aliphatic hydroxyl groups is 1. The number of halogens is 4. The topological polar surface area (TPSA) is 80.6 Å². The molecule has 1 amide bonds. The van der Waals surface area contributed by atoms with Crippen LogP contribution >= 0.6 is 0 Å². The van der Waals surface area contributed by atoms with E-state index in [1.807, 2.05) is 0 Å². The number of amides is 1. The Hall–Kier alpha value is -3.66. The van der Waals surface area contributed by atoms with E-state index in [1.165, 1.54) is 12.3 Å².